The van der Waals surface area contributed by atoms with Gasteiger partial charge in [0.25, 0.3) is 0 Å². The van der Waals surface area contributed by atoms with Crippen LogP contribution in [0.3, 0.4) is 0 Å². The second-order valence-electron chi connectivity index (χ2n) is 4.93. The van der Waals surface area contributed by atoms with E-state index in [0.29, 0.717) is 12.2 Å². The van der Waals surface area contributed by atoms with Gasteiger partial charge < -0.3 is 10.6 Å². The molecule has 1 aliphatic heterocycles. The summed E-state index contributed by atoms with van der Waals surface area (Å²) in [5, 5.41) is 6.64. The van der Waals surface area contributed by atoms with Crippen LogP contribution in [0.2, 0.25) is 0 Å². The first-order chi connectivity index (χ1) is 9.75. The van der Waals surface area contributed by atoms with E-state index in [1.165, 1.54) is 29.3 Å². The van der Waals surface area contributed by atoms with E-state index in [2.05, 4.69) is 44.8 Å². The lowest BCUT2D eigenvalue weighted by Crippen LogP contribution is -2.15. The van der Waals surface area contributed by atoms with Crippen molar-refractivity contribution in [3.63, 3.8) is 0 Å². The summed E-state index contributed by atoms with van der Waals surface area (Å²) in [5.74, 6) is -0.239. The Kier molecular flexibility index (Phi) is 3.92. The van der Waals surface area contributed by atoms with Crippen molar-refractivity contribution < 1.29 is 4.39 Å². The lowest BCUT2D eigenvalue weighted by atomic mass is 9.99. The number of benzene rings is 2. The highest BCUT2D eigenvalue weighted by atomic mass is 79.9. The van der Waals surface area contributed by atoms with Crippen LogP contribution in [-0.2, 0) is 13.0 Å². The molecular formula is C16H16BrFN2. The molecule has 0 bridgehead atoms. The molecule has 0 atom stereocenters. The molecule has 0 saturated carbocycles. The molecule has 0 aromatic heterocycles. The molecule has 0 unspecified atom stereocenters. The summed E-state index contributed by atoms with van der Waals surface area (Å²) in [7, 11) is 0. The number of rotatable bonds is 3. The molecule has 4 heteroatoms. The molecule has 2 N–H and O–H groups in total. The molecule has 1 heterocycles. The second kappa shape index (κ2) is 5.83. The number of aryl methyl sites for hydroxylation is 1. The molecule has 2 aromatic rings. The summed E-state index contributed by atoms with van der Waals surface area (Å²) in [4.78, 5) is 0. The molecular weight excluding hydrogens is 319 g/mol. The highest BCUT2D eigenvalue weighted by Gasteiger charge is 2.13. The van der Waals surface area contributed by atoms with E-state index < -0.39 is 0 Å². The summed E-state index contributed by atoms with van der Waals surface area (Å²) < 4.78 is 14.5. The zero-order valence-electron chi connectivity index (χ0n) is 11.0. The predicted molar refractivity (Wildman–Crippen MR) is 84.7 cm³/mol. The number of para-hydroxylation sites is 2. The van der Waals surface area contributed by atoms with Crippen LogP contribution >= 0.6 is 15.9 Å². The second-order valence-corrected chi connectivity index (χ2v) is 5.79. The van der Waals surface area contributed by atoms with Gasteiger partial charge in [-0.1, -0.05) is 24.3 Å². The fourth-order valence-corrected chi connectivity index (χ4v) is 3.06. The smallest absolute Gasteiger partial charge is 0.147 e. The number of hydrogen-bond acceptors (Lipinski definition) is 2. The molecule has 0 fully saturated rings. The lowest BCUT2D eigenvalue weighted by Gasteiger charge is -2.21. The van der Waals surface area contributed by atoms with Crippen molar-refractivity contribution in [3.8, 4) is 0 Å². The molecule has 20 heavy (non-hydrogen) atoms. The molecule has 2 nitrogen and oxygen atoms in total. The third-order valence-corrected chi connectivity index (χ3v) is 4.24. The largest absolute Gasteiger partial charge is 0.385 e. The van der Waals surface area contributed by atoms with Crippen LogP contribution in [0, 0.1) is 5.82 Å². The topological polar surface area (TPSA) is 24.1 Å². The van der Waals surface area contributed by atoms with Crippen molar-refractivity contribution in [2.24, 2.45) is 0 Å². The maximum Gasteiger partial charge on any atom is 0.147 e. The van der Waals surface area contributed by atoms with Gasteiger partial charge in [0.2, 0.25) is 0 Å². The Labute approximate surface area is 126 Å². The van der Waals surface area contributed by atoms with Gasteiger partial charge in [0.15, 0.2) is 0 Å². The Morgan fingerprint density at radius 2 is 2.05 bits per heavy atom. The monoisotopic (exact) mass is 334 g/mol. The minimum atomic E-state index is -0.239. The van der Waals surface area contributed by atoms with E-state index in [-0.39, 0.29) is 5.82 Å². The molecule has 0 amide bonds. The third kappa shape index (κ3) is 2.66. The molecule has 2 aromatic carbocycles. The van der Waals surface area contributed by atoms with E-state index >= 15 is 0 Å². The summed E-state index contributed by atoms with van der Waals surface area (Å²) in [6, 6.07) is 11.3. The number of halogens is 2. The number of anilines is 2. The zero-order valence-corrected chi connectivity index (χ0v) is 12.6. The third-order valence-electron chi connectivity index (χ3n) is 3.58. The zero-order chi connectivity index (χ0) is 13.9. The first-order valence-corrected chi connectivity index (χ1v) is 7.57. The van der Waals surface area contributed by atoms with E-state index in [1.807, 2.05) is 6.07 Å². The summed E-state index contributed by atoms with van der Waals surface area (Å²) >= 11 is 3.38. The van der Waals surface area contributed by atoms with Crippen molar-refractivity contribution >= 4 is 27.3 Å². The number of fused-ring (bicyclic) bond motifs is 1. The fraction of sp³-hybridized carbons (Fsp3) is 0.250. The standard InChI is InChI=1S/C16H16BrFN2/c17-13-7-2-8-14(18)16(13)20-10-12-5-1-4-11-6-3-9-19-15(11)12/h1-2,4-5,7-8,19-20H,3,6,9-10H2. The van der Waals surface area contributed by atoms with Crippen molar-refractivity contribution in [2.75, 3.05) is 17.2 Å². The molecule has 0 saturated heterocycles. The summed E-state index contributed by atoms with van der Waals surface area (Å²) in [6.07, 6.45) is 2.28. The van der Waals surface area contributed by atoms with E-state index in [1.54, 1.807) is 6.07 Å². The van der Waals surface area contributed by atoms with Gasteiger partial charge in [0.05, 0.1) is 5.69 Å². The van der Waals surface area contributed by atoms with Gasteiger partial charge in [-0.2, -0.15) is 0 Å². The van der Waals surface area contributed by atoms with Crippen molar-refractivity contribution in [3.05, 3.63) is 57.8 Å². The Hall–Kier alpha value is -1.55. The Morgan fingerprint density at radius 3 is 2.90 bits per heavy atom. The van der Waals surface area contributed by atoms with E-state index in [0.717, 1.165) is 17.4 Å². The molecule has 1 aliphatic rings. The molecule has 0 aliphatic carbocycles. The van der Waals surface area contributed by atoms with Crippen LogP contribution in [0.15, 0.2) is 40.9 Å². The van der Waals surface area contributed by atoms with Crippen molar-refractivity contribution in [2.45, 2.75) is 19.4 Å². The van der Waals surface area contributed by atoms with Gasteiger partial charge in [-0.3, -0.25) is 0 Å². The average molecular weight is 335 g/mol. The molecule has 104 valence electrons. The van der Waals surface area contributed by atoms with Crippen LogP contribution < -0.4 is 10.6 Å². The predicted octanol–water partition coefficient (Wildman–Crippen LogP) is 4.56. The summed E-state index contributed by atoms with van der Waals surface area (Å²) in [6.45, 7) is 1.61. The Balaban J connectivity index is 1.82. The van der Waals surface area contributed by atoms with Gasteiger partial charge in [-0.25, -0.2) is 4.39 Å². The molecule has 0 radical (unpaired) electrons. The van der Waals surface area contributed by atoms with Crippen LogP contribution in [-0.4, -0.2) is 6.54 Å². The van der Waals surface area contributed by atoms with Gasteiger partial charge in [-0.15, -0.1) is 0 Å². The van der Waals surface area contributed by atoms with Gasteiger partial charge in [-0.05, 0) is 52.0 Å². The van der Waals surface area contributed by atoms with E-state index in [9.17, 15) is 4.39 Å². The number of hydrogen-bond donors (Lipinski definition) is 2. The minimum absolute atomic E-state index is 0.239. The van der Waals surface area contributed by atoms with Crippen LogP contribution in [0.5, 0.6) is 0 Å². The van der Waals surface area contributed by atoms with E-state index in [4.69, 9.17) is 0 Å². The Bertz CT molecular complexity index is 608. The first kappa shape index (κ1) is 13.4. The van der Waals surface area contributed by atoms with Gasteiger partial charge in [0.1, 0.15) is 5.82 Å². The summed E-state index contributed by atoms with van der Waals surface area (Å²) in [5.41, 5.74) is 4.25. The fourth-order valence-electron chi connectivity index (χ4n) is 2.58. The SMILES string of the molecule is Fc1cccc(Br)c1NCc1cccc2c1NCCC2. The average Bonchev–Trinajstić information content (AvgIpc) is 2.47. The normalized spacial score (nSPS) is 13.5. The molecule has 3 rings (SSSR count). The van der Waals surface area contributed by atoms with Crippen LogP contribution in [0.25, 0.3) is 0 Å². The first-order valence-electron chi connectivity index (χ1n) is 6.78. The van der Waals surface area contributed by atoms with Gasteiger partial charge >= 0.3 is 0 Å². The lowest BCUT2D eigenvalue weighted by molar-refractivity contribution is 0.629. The van der Waals surface area contributed by atoms with Crippen LogP contribution in [0.1, 0.15) is 17.5 Å². The number of nitrogens with one attached hydrogen (secondary N) is 2. The highest BCUT2D eigenvalue weighted by Crippen LogP contribution is 2.29. The highest BCUT2D eigenvalue weighted by molar-refractivity contribution is 9.10. The quantitative estimate of drug-likeness (QED) is 0.859. The molecule has 0 spiro atoms. The minimum Gasteiger partial charge on any atom is -0.385 e. The van der Waals surface area contributed by atoms with Gasteiger partial charge in [0, 0.05) is 23.2 Å². The van der Waals surface area contributed by atoms with Crippen LogP contribution in [0.4, 0.5) is 15.8 Å². The maximum absolute atomic E-state index is 13.8. The Morgan fingerprint density at radius 1 is 1.20 bits per heavy atom. The maximum atomic E-state index is 13.8. The van der Waals surface area contributed by atoms with Crippen molar-refractivity contribution in [1.29, 1.82) is 0 Å². The van der Waals surface area contributed by atoms with Crippen molar-refractivity contribution in [1.82, 2.24) is 0 Å².